The SMILES string of the molecule is Cn1ccnc1[C@@H]1c2n[nH]c(=O)c3c2C(CCC3)N[C@H]1c1ccc(F)cc1. The number of imidazole rings is 1. The molecule has 0 saturated carbocycles. The molecule has 3 aromatic rings. The third-order valence-corrected chi connectivity index (χ3v) is 5.80. The van der Waals surface area contributed by atoms with Gasteiger partial charge in [-0.05, 0) is 37.0 Å². The molecule has 0 amide bonds. The van der Waals surface area contributed by atoms with Crippen LogP contribution < -0.4 is 10.9 Å². The maximum Gasteiger partial charge on any atom is 0.267 e. The maximum absolute atomic E-state index is 13.5. The lowest BCUT2D eigenvalue weighted by Gasteiger charge is -2.40. The van der Waals surface area contributed by atoms with Crippen LogP contribution >= 0.6 is 0 Å². The van der Waals surface area contributed by atoms with Crippen molar-refractivity contribution < 1.29 is 4.39 Å². The summed E-state index contributed by atoms with van der Waals surface area (Å²) in [4.78, 5) is 16.9. The predicted octanol–water partition coefficient (Wildman–Crippen LogP) is 2.50. The van der Waals surface area contributed by atoms with Crippen LogP contribution in [-0.4, -0.2) is 19.7 Å². The van der Waals surface area contributed by atoms with E-state index in [1.54, 1.807) is 6.20 Å². The molecule has 1 unspecified atom stereocenters. The van der Waals surface area contributed by atoms with Gasteiger partial charge < -0.3 is 9.88 Å². The molecule has 3 heterocycles. The van der Waals surface area contributed by atoms with Crippen LogP contribution in [0, 0.1) is 5.82 Å². The third kappa shape index (κ3) is 2.53. The second-order valence-corrected chi connectivity index (χ2v) is 7.34. The van der Waals surface area contributed by atoms with Crippen LogP contribution in [0.2, 0.25) is 0 Å². The molecular weight excluding hydrogens is 345 g/mol. The molecule has 0 saturated heterocycles. The zero-order chi connectivity index (χ0) is 18.5. The fraction of sp³-hybridized carbons (Fsp3) is 0.350. The van der Waals surface area contributed by atoms with Gasteiger partial charge in [-0.3, -0.25) is 4.79 Å². The lowest BCUT2D eigenvalue weighted by molar-refractivity contribution is 0.328. The van der Waals surface area contributed by atoms with E-state index < -0.39 is 0 Å². The smallest absolute Gasteiger partial charge is 0.267 e. The molecule has 6 nitrogen and oxygen atoms in total. The topological polar surface area (TPSA) is 75.6 Å². The summed E-state index contributed by atoms with van der Waals surface area (Å²) in [6.45, 7) is 0. The summed E-state index contributed by atoms with van der Waals surface area (Å²) in [6, 6.07) is 6.55. The van der Waals surface area contributed by atoms with E-state index >= 15 is 0 Å². The number of aromatic amines is 1. The third-order valence-electron chi connectivity index (χ3n) is 5.80. The van der Waals surface area contributed by atoms with Gasteiger partial charge in [-0.2, -0.15) is 5.10 Å². The summed E-state index contributed by atoms with van der Waals surface area (Å²) in [5, 5.41) is 10.9. The highest BCUT2D eigenvalue weighted by Crippen LogP contribution is 2.46. The van der Waals surface area contributed by atoms with E-state index in [4.69, 9.17) is 0 Å². The highest BCUT2D eigenvalue weighted by Gasteiger charge is 2.42. The Morgan fingerprint density at radius 3 is 2.81 bits per heavy atom. The minimum Gasteiger partial charge on any atom is -0.337 e. The van der Waals surface area contributed by atoms with Crippen LogP contribution in [0.1, 0.15) is 59.1 Å². The quantitative estimate of drug-likeness (QED) is 0.732. The first kappa shape index (κ1) is 16.4. The molecule has 3 atom stereocenters. The van der Waals surface area contributed by atoms with Gasteiger partial charge >= 0.3 is 0 Å². The van der Waals surface area contributed by atoms with E-state index in [0.29, 0.717) is 0 Å². The van der Waals surface area contributed by atoms with Gasteiger partial charge in [0.2, 0.25) is 0 Å². The average Bonchev–Trinajstić information content (AvgIpc) is 3.10. The van der Waals surface area contributed by atoms with E-state index in [1.165, 1.54) is 12.1 Å². The lowest BCUT2D eigenvalue weighted by Crippen LogP contribution is -2.42. The zero-order valence-corrected chi connectivity index (χ0v) is 14.9. The largest absolute Gasteiger partial charge is 0.337 e. The summed E-state index contributed by atoms with van der Waals surface area (Å²) in [7, 11) is 1.95. The van der Waals surface area contributed by atoms with Gasteiger partial charge in [0.05, 0.1) is 11.6 Å². The number of nitrogens with zero attached hydrogens (tertiary/aromatic N) is 3. The number of H-pyrrole nitrogens is 1. The minimum absolute atomic E-state index is 0.0742. The maximum atomic E-state index is 13.5. The van der Waals surface area contributed by atoms with Gasteiger partial charge in [0, 0.05) is 42.7 Å². The van der Waals surface area contributed by atoms with Crippen molar-refractivity contribution in [2.24, 2.45) is 7.05 Å². The van der Waals surface area contributed by atoms with E-state index in [1.807, 2.05) is 29.9 Å². The molecule has 2 aromatic heterocycles. The van der Waals surface area contributed by atoms with Crippen LogP contribution in [0.4, 0.5) is 4.39 Å². The van der Waals surface area contributed by atoms with E-state index in [0.717, 1.165) is 47.5 Å². The van der Waals surface area contributed by atoms with E-state index in [9.17, 15) is 9.18 Å². The fourth-order valence-electron chi connectivity index (χ4n) is 4.56. The number of nitrogens with one attached hydrogen (secondary N) is 2. The highest BCUT2D eigenvalue weighted by molar-refractivity contribution is 5.43. The Balaban J connectivity index is 1.74. The second-order valence-electron chi connectivity index (χ2n) is 7.34. The van der Waals surface area contributed by atoms with Crippen LogP contribution in [0.3, 0.4) is 0 Å². The van der Waals surface area contributed by atoms with E-state index in [2.05, 4.69) is 20.5 Å². The monoisotopic (exact) mass is 365 g/mol. The summed E-state index contributed by atoms with van der Waals surface area (Å²) >= 11 is 0. The molecular formula is C20H20FN5O. The summed E-state index contributed by atoms with van der Waals surface area (Å²) in [5.41, 5.74) is 3.61. The molecule has 7 heteroatoms. The van der Waals surface area contributed by atoms with Crippen LogP contribution in [0.15, 0.2) is 41.5 Å². The van der Waals surface area contributed by atoms with Gasteiger partial charge in [-0.15, -0.1) is 0 Å². The van der Waals surface area contributed by atoms with Crippen molar-refractivity contribution in [1.82, 2.24) is 25.1 Å². The van der Waals surface area contributed by atoms with Crippen LogP contribution in [-0.2, 0) is 13.5 Å². The number of rotatable bonds is 2. The Morgan fingerprint density at radius 1 is 1.26 bits per heavy atom. The van der Waals surface area contributed by atoms with Crippen molar-refractivity contribution in [3.05, 3.63) is 81.0 Å². The van der Waals surface area contributed by atoms with Crippen molar-refractivity contribution in [2.45, 2.75) is 37.3 Å². The number of aromatic nitrogens is 4. The minimum atomic E-state index is -0.258. The van der Waals surface area contributed by atoms with Crippen molar-refractivity contribution in [1.29, 1.82) is 0 Å². The van der Waals surface area contributed by atoms with Gasteiger partial charge in [0.1, 0.15) is 11.6 Å². The first-order valence-corrected chi connectivity index (χ1v) is 9.23. The number of halogens is 1. The molecule has 138 valence electrons. The van der Waals surface area contributed by atoms with Crippen LogP contribution in [0.5, 0.6) is 0 Å². The molecule has 0 radical (unpaired) electrons. The van der Waals surface area contributed by atoms with Gasteiger partial charge in [-0.25, -0.2) is 14.5 Å². The van der Waals surface area contributed by atoms with Gasteiger partial charge in [0.25, 0.3) is 5.56 Å². The number of aryl methyl sites for hydroxylation is 1. The molecule has 2 aliphatic rings. The summed E-state index contributed by atoms with van der Waals surface area (Å²) in [5.74, 6) is 0.434. The average molecular weight is 365 g/mol. The molecule has 0 fully saturated rings. The Labute approximate surface area is 155 Å². The Hall–Kier alpha value is -2.80. The van der Waals surface area contributed by atoms with E-state index in [-0.39, 0.29) is 29.4 Å². The van der Waals surface area contributed by atoms with Crippen molar-refractivity contribution >= 4 is 0 Å². The first-order chi connectivity index (χ1) is 13.1. The Bertz CT molecular complexity index is 1050. The first-order valence-electron chi connectivity index (χ1n) is 9.23. The molecule has 1 aliphatic heterocycles. The predicted molar refractivity (Wildman–Crippen MR) is 97.9 cm³/mol. The van der Waals surface area contributed by atoms with Crippen molar-refractivity contribution in [3.8, 4) is 0 Å². The van der Waals surface area contributed by atoms with Crippen molar-refractivity contribution in [3.63, 3.8) is 0 Å². The summed E-state index contributed by atoms with van der Waals surface area (Å²) < 4.78 is 15.5. The Morgan fingerprint density at radius 2 is 2.07 bits per heavy atom. The van der Waals surface area contributed by atoms with Crippen molar-refractivity contribution in [2.75, 3.05) is 0 Å². The molecule has 27 heavy (non-hydrogen) atoms. The lowest BCUT2D eigenvalue weighted by atomic mass is 9.76. The standard InChI is InChI=1S/C20H20FN5O/c1-26-10-9-22-19(26)16-17(11-5-7-12(21)8-6-11)23-14-4-2-3-13-15(14)18(16)24-25-20(13)27/h5-10,14,16-17,23H,2-4H2,1H3,(H,25,27)/t14?,16-,17-/m0/s1. The number of hydrogen-bond donors (Lipinski definition) is 2. The Kier molecular flexibility index (Phi) is 3.72. The number of hydrogen-bond acceptors (Lipinski definition) is 4. The molecule has 2 N–H and O–H groups in total. The summed E-state index contributed by atoms with van der Waals surface area (Å²) in [6.07, 6.45) is 6.35. The zero-order valence-electron chi connectivity index (χ0n) is 14.9. The second kappa shape index (κ2) is 6.13. The molecule has 5 rings (SSSR count). The molecule has 0 spiro atoms. The molecule has 1 aliphatic carbocycles. The van der Waals surface area contributed by atoms with Crippen LogP contribution in [0.25, 0.3) is 0 Å². The van der Waals surface area contributed by atoms with Gasteiger partial charge in [-0.1, -0.05) is 12.1 Å². The molecule has 1 aromatic carbocycles. The molecule has 0 bridgehead atoms. The fourth-order valence-corrected chi connectivity index (χ4v) is 4.56. The number of benzene rings is 1. The van der Waals surface area contributed by atoms with Gasteiger partial charge in [0.15, 0.2) is 0 Å². The normalized spacial score (nSPS) is 23.9. The highest BCUT2D eigenvalue weighted by atomic mass is 19.1.